The number of hydrogen-bond donors (Lipinski definition) is 4. The van der Waals surface area contributed by atoms with Gasteiger partial charge < -0.3 is 26.8 Å². The average Bonchev–Trinajstić information content (AvgIpc) is 3.36. The number of benzene rings is 2. The van der Waals surface area contributed by atoms with E-state index in [1.807, 2.05) is 0 Å². The Morgan fingerprint density at radius 2 is 1.83 bits per heavy atom. The van der Waals surface area contributed by atoms with Crippen LogP contribution in [0.2, 0.25) is 5.02 Å². The molecule has 0 fully saturated rings. The third-order valence-corrected chi connectivity index (χ3v) is 7.11. The predicted octanol–water partition coefficient (Wildman–Crippen LogP) is 3.35. The Morgan fingerprint density at radius 1 is 1.13 bits per heavy atom. The number of rotatable bonds is 8. The van der Waals surface area contributed by atoms with Gasteiger partial charge in [0.15, 0.2) is 5.96 Å². The highest BCUT2D eigenvalue weighted by atomic mass is 35.5. The van der Waals surface area contributed by atoms with E-state index in [1.54, 1.807) is 0 Å². The number of anilines is 1. The van der Waals surface area contributed by atoms with Gasteiger partial charge in [0, 0.05) is 16.9 Å². The van der Waals surface area contributed by atoms with Crippen molar-refractivity contribution in [2.75, 3.05) is 18.4 Å². The number of aromatic nitrogens is 2. The number of hydrogen-bond acceptors (Lipinski definition) is 9. The SMILES string of the molecule is NC(=O)c1cc(NC2=NCC(F)CN2)c2cnn(C(C(N)=O)[C@@H](CC(=O)OC(=O)C(F)(F)F)c3cccc(C(F)(F)F)c3Cl)c2c1. The van der Waals surface area contributed by atoms with E-state index in [0.717, 1.165) is 29.1 Å². The normalized spacial score (nSPS) is 16.6. The standard InChI is InChI=1S/C26H21ClF7N7O5/c27-19-12(2-1-3-15(19)25(29,30)31)13(6-18(42)46-23(45)26(32,33)34)20(22(36)44)41-17-5-10(21(35)43)4-16(14(17)9-39-41)40-24-37-7-11(28)8-38-24/h1-5,9,11,13,20H,6-8H2,(H2,35,43)(H2,36,44)(H2,37,38,40)/t13-,20?/m0/s1. The maximum absolute atomic E-state index is 13.7. The number of aliphatic imine (C=N–C) groups is 1. The van der Waals surface area contributed by atoms with Crippen LogP contribution in [0, 0.1) is 0 Å². The first-order valence-electron chi connectivity index (χ1n) is 12.9. The molecule has 1 aromatic heterocycles. The quantitative estimate of drug-likeness (QED) is 0.159. The molecule has 20 heteroatoms. The molecule has 0 bridgehead atoms. The van der Waals surface area contributed by atoms with Crippen molar-refractivity contribution < 1.29 is 54.6 Å². The fourth-order valence-electron chi connectivity index (χ4n) is 4.66. The van der Waals surface area contributed by atoms with Gasteiger partial charge in [-0.2, -0.15) is 31.4 Å². The van der Waals surface area contributed by atoms with E-state index in [1.165, 1.54) is 6.07 Å². The summed E-state index contributed by atoms with van der Waals surface area (Å²) in [6, 6.07) is 2.76. The van der Waals surface area contributed by atoms with Gasteiger partial charge in [-0.15, -0.1) is 0 Å². The third-order valence-electron chi connectivity index (χ3n) is 6.69. The summed E-state index contributed by atoms with van der Waals surface area (Å²) >= 11 is 6.07. The van der Waals surface area contributed by atoms with Gasteiger partial charge in [-0.25, -0.2) is 14.2 Å². The molecule has 1 aliphatic heterocycles. The molecule has 4 rings (SSSR count). The zero-order chi connectivity index (χ0) is 34.1. The molecule has 2 aromatic carbocycles. The minimum Gasteiger partial charge on any atom is -0.386 e. The Kier molecular flexibility index (Phi) is 9.46. The molecule has 46 heavy (non-hydrogen) atoms. The third kappa shape index (κ3) is 7.30. The number of primary amides is 2. The van der Waals surface area contributed by atoms with Crippen molar-refractivity contribution in [1.29, 1.82) is 0 Å². The Hall–Kier alpha value is -4.94. The van der Waals surface area contributed by atoms with Crippen molar-refractivity contribution in [2.24, 2.45) is 16.5 Å². The zero-order valence-corrected chi connectivity index (χ0v) is 23.6. The molecule has 2 unspecified atom stereocenters. The van der Waals surface area contributed by atoms with Crippen LogP contribution in [0.1, 0.15) is 39.9 Å². The lowest BCUT2D eigenvalue weighted by Gasteiger charge is -2.27. The topological polar surface area (TPSA) is 184 Å². The number of nitrogens with two attached hydrogens (primary N) is 2. The van der Waals surface area contributed by atoms with Crippen LogP contribution in [-0.4, -0.2) is 64.9 Å². The number of alkyl halides is 7. The van der Waals surface area contributed by atoms with E-state index in [4.69, 9.17) is 23.1 Å². The number of fused-ring (bicyclic) bond motifs is 1. The van der Waals surface area contributed by atoms with E-state index in [0.29, 0.717) is 6.07 Å². The lowest BCUT2D eigenvalue weighted by Crippen LogP contribution is -2.41. The number of carbonyl (C=O) groups is 4. The molecular formula is C26H21ClF7N7O5. The molecule has 0 spiro atoms. The van der Waals surface area contributed by atoms with Crippen LogP contribution in [0.4, 0.5) is 36.4 Å². The van der Waals surface area contributed by atoms with Crippen molar-refractivity contribution in [3.63, 3.8) is 0 Å². The lowest BCUT2D eigenvalue weighted by molar-refractivity contribution is -0.202. The van der Waals surface area contributed by atoms with Crippen molar-refractivity contribution in [1.82, 2.24) is 15.1 Å². The summed E-state index contributed by atoms with van der Waals surface area (Å²) in [5, 5.41) is 8.64. The molecule has 12 nitrogen and oxygen atoms in total. The van der Waals surface area contributed by atoms with Gasteiger partial charge in [-0.05, 0) is 23.8 Å². The minimum absolute atomic E-state index is 0.0710. The molecule has 0 radical (unpaired) electrons. The summed E-state index contributed by atoms with van der Waals surface area (Å²) in [7, 11) is 0. The van der Waals surface area contributed by atoms with Crippen LogP contribution in [-0.2, 0) is 25.3 Å². The van der Waals surface area contributed by atoms with Gasteiger partial charge in [0.1, 0.15) is 12.2 Å². The smallest absolute Gasteiger partial charge is 0.386 e. The molecule has 2 heterocycles. The lowest BCUT2D eigenvalue weighted by atomic mass is 9.86. The number of guanidine groups is 1. The Bertz CT molecular complexity index is 1740. The second-order valence-corrected chi connectivity index (χ2v) is 10.2. The van der Waals surface area contributed by atoms with Crippen molar-refractivity contribution in [3.05, 3.63) is 58.2 Å². The predicted molar refractivity (Wildman–Crippen MR) is 146 cm³/mol. The van der Waals surface area contributed by atoms with Crippen molar-refractivity contribution >= 4 is 57.9 Å². The monoisotopic (exact) mass is 679 g/mol. The van der Waals surface area contributed by atoms with Gasteiger partial charge in [0.25, 0.3) is 0 Å². The molecule has 1 aliphatic rings. The first-order valence-corrected chi connectivity index (χ1v) is 13.2. The van der Waals surface area contributed by atoms with E-state index >= 15 is 0 Å². The molecule has 246 valence electrons. The zero-order valence-electron chi connectivity index (χ0n) is 22.9. The number of halogens is 8. The van der Waals surface area contributed by atoms with E-state index in [2.05, 4.69) is 25.5 Å². The van der Waals surface area contributed by atoms with Gasteiger partial charge in [-0.3, -0.25) is 19.1 Å². The Morgan fingerprint density at radius 3 is 2.39 bits per heavy atom. The summed E-state index contributed by atoms with van der Waals surface area (Å²) < 4.78 is 97.8. The van der Waals surface area contributed by atoms with Crippen LogP contribution >= 0.6 is 11.6 Å². The van der Waals surface area contributed by atoms with E-state index in [-0.39, 0.29) is 41.2 Å². The van der Waals surface area contributed by atoms with Crippen LogP contribution < -0.4 is 22.1 Å². The second kappa shape index (κ2) is 12.8. The molecule has 3 atom stereocenters. The number of ether oxygens (including phenoxy) is 1. The van der Waals surface area contributed by atoms with Gasteiger partial charge in [0.05, 0.1) is 47.5 Å². The highest BCUT2D eigenvalue weighted by Gasteiger charge is 2.44. The summed E-state index contributed by atoms with van der Waals surface area (Å²) in [6.07, 6.45) is -12.2. The maximum Gasteiger partial charge on any atom is 0.491 e. The highest BCUT2D eigenvalue weighted by molar-refractivity contribution is 6.32. The maximum atomic E-state index is 13.7. The second-order valence-electron chi connectivity index (χ2n) is 9.83. The van der Waals surface area contributed by atoms with Gasteiger partial charge >= 0.3 is 24.3 Å². The number of esters is 2. The molecular weight excluding hydrogens is 659 g/mol. The molecule has 0 saturated heterocycles. The summed E-state index contributed by atoms with van der Waals surface area (Å²) in [4.78, 5) is 53.1. The first-order chi connectivity index (χ1) is 21.4. The Balaban J connectivity index is 1.90. The minimum atomic E-state index is -5.61. The number of carbonyl (C=O) groups excluding carboxylic acids is 4. The highest BCUT2D eigenvalue weighted by Crippen LogP contribution is 2.43. The van der Waals surface area contributed by atoms with Gasteiger partial charge in [0.2, 0.25) is 11.8 Å². The van der Waals surface area contributed by atoms with Crippen molar-refractivity contribution in [2.45, 2.75) is 36.9 Å². The Labute approximate surface area is 257 Å². The van der Waals surface area contributed by atoms with Crippen LogP contribution in [0.3, 0.4) is 0 Å². The molecule has 6 N–H and O–H groups in total. The molecule has 0 saturated carbocycles. The van der Waals surface area contributed by atoms with E-state index in [9.17, 15) is 49.9 Å². The summed E-state index contributed by atoms with van der Waals surface area (Å²) in [5.41, 5.74) is 8.83. The largest absolute Gasteiger partial charge is 0.491 e. The number of nitrogens with zero attached hydrogens (tertiary/aromatic N) is 3. The molecule has 3 aromatic rings. The number of amides is 2. The van der Waals surface area contributed by atoms with Gasteiger partial charge in [-0.1, -0.05) is 23.7 Å². The average molecular weight is 680 g/mol. The fourth-order valence-corrected chi connectivity index (χ4v) is 5.03. The van der Waals surface area contributed by atoms with Crippen LogP contribution in [0.15, 0.2) is 41.5 Å². The molecule has 0 aliphatic carbocycles. The van der Waals surface area contributed by atoms with Crippen molar-refractivity contribution in [3.8, 4) is 0 Å². The summed E-state index contributed by atoms with van der Waals surface area (Å²) in [5.74, 6) is -9.04. The first kappa shape index (κ1) is 33.9. The van der Waals surface area contributed by atoms with Crippen LogP contribution in [0.25, 0.3) is 10.9 Å². The summed E-state index contributed by atoms with van der Waals surface area (Å²) in [6.45, 7) is -0.316. The van der Waals surface area contributed by atoms with Crippen LogP contribution in [0.5, 0.6) is 0 Å². The van der Waals surface area contributed by atoms with E-state index < -0.39 is 76.8 Å². The number of nitrogens with one attached hydrogen (secondary N) is 2. The fraction of sp³-hybridized carbons (Fsp3) is 0.308. The molecule has 2 amide bonds.